The second-order valence-electron chi connectivity index (χ2n) is 12.0. The van der Waals surface area contributed by atoms with E-state index in [0.29, 0.717) is 22.3 Å². The number of carbonyl (C=O) groups is 4. The molecule has 0 radical (unpaired) electrons. The van der Waals surface area contributed by atoms with Crippen molar-refractivity contribution in [3.8, 4) is 47.4 Å². The Bertz CT molecular complexity index is 1620. The molecule has 2 aromatic carbocycles. The maximum atomic E-state index is 12.3. The molecule has 0 bridgehead atoms. The molecule has 0 aliphatic heterocycles. The van der Waals surface area contributed by atoms with E-state index < -0.39 is 59.1 Å². The van der Waals surface area contributed by atoms with Gasteiger partial charge in [0.05, 0.1) is 7.11 Å². The molecule has 0 heterocycles. The SMILES string of the molecule is COC(=O)[C@@H](NC(=O)c1ccc(C#CC#C[C@H](C)O)cc1)C(C)(C)N.C[C@H](O)C#CC#Cc1ccc(C(=O)N[C@H](C(=O)NO)C(C)(C)N)cc1.NO. The summed E-state index contributed by atoms with van der Waals surface area (Å²) < 4.78 is 4.68. The highest BCUT2D eigenvalue weighted by Crippen LogP contribution is 2.11. The van der Waals surface area contributed by atoms with Gasteiger partial charge >= 0.3 is 5.97 Å². The topological polar surface area (TPSA) is 273 Å². The summed E-state index contributed by atoms with van der Waals surface area (Å²) in [6.45, 7) is 9.45. The van der Waals surface area contributed by atoms with Crippen LogP contribution in [0.3, 0.4) is 0 Å². The molecule has 0 saturated carbocycles. The summed E-state index contributed by atoms with van der Waals surface area (Å²) in [5.41, 5.74) is 13.2. The molecule has 278 valence electrons. The van der Waals surface area contributed by atoms with Crippen molar-refractivity contribution in [3.05, 3.63) is 70.8 Å². The van der Waals surface area contributed by atoms with Crippen LogP contribution < -0.4 is 33.5 Å². The fourth-order valence-corrected chi connectivity index (χ4v) is 3.65. The van der Waals surface area contributed by atoms with Crippen LogP contribution in [0.15, 0.2) is 48.5 Å². The smallest absolute Gasteiger partial charge is 0.330 e. The van der Waals surface area contributed by atoms with Crippen molar-refractivity contribution in [2.45, 2.75) is 76.9 Å². The largest absolute Gasteiger partial charge is 0.467 e. The summed E-state index contributed by atoms with van der Waals surface area (Å²) in [5, 5.41) is 38.3. The Hall–Kier alpha value is -5.72. The number of hydrogen-bond acceptors (Lipinski definition) is 12. The Morgan fingerprint density at radius 1 is 0.673 bits per heavy atom. The lowest BCUT2D eigenvalue weighted by Gasteiger charge is -2.29. The number of aliphatic hydroxyl groups is 2. The van der Waals surface area contributed by atoms with E-state index in [4.69, 9.17) is 32.1 Å². The third-order valence-corrected chi connectivity index (χ3v) is 6.24. The predicted molar refractivity (Wildman–Crippen MR) is 193 cm³/mol. The lowest BCUT2D eigenvalue weighted by molar-refractivity contribution is -0.144. The summed E-state index contributed by atoms with van der Waals surface area (Å²) in [4.78, 5) is 48.0. The molecule has 2 aromatic rings. The number of amides is 3. The normalized spacial score (nSPS) is 12.2. The summed E-state index contributed by atoms with van der Waals surface area (Å²) >= 11 is 0. The number of rotatable bonds is 8. The number of benzene rings is 2. The van der Waals surface area contributed by atoms with Crippen LogP contribution in [-0.2, 0) is 14.3 Å². The van der Waals surface area contributed by atoms with E-state index in [2.05, 4.69) is 68.6 Å². The molecule has 4 atom stereocenters. The van der Waals surface area contributed by atoms with Gasteiger partial charge in [-0.1, -0.05) is 23.7 Å². The average molecular weight is 719 g/mol. The average Bonchev–Trinajstić information content (AvgIpc) is 3.09. The highest BCUT2D eigenvalue weighted by molar-refractivity contribution is 5.98. The van der Waals surface area contributed by atoms with Crippen LogP contribution in [0.1, 0.15) is 73.4 Å². The Morgan fingerprint density at radius 3 is 1.31 bits per heavy atom. The number of nitrogens with one attached hydrogen (secondary N) is 3. The first-order chi connectivity index (χ1) is 24.3. The molecule has 52 heavy (non-hydrogen) atoms. The summed E-state index contributed by atoms with van der Waals surface area (Å²) in [7, 11) is 1.24. The monoisotopic (exact) mass is 718 g/mol. The third-order valence-electron chi connectivity index (χ3n) is 6.24. The minimum Gasteiger partial charge on any atom is -0.467 e. The van der Waals surface area contributed by atoms with Gasteiger partial charge < -0.3 is 42.3 Å². The van der Waals surface area contributed by atoms with E-state index in [1.54, 1.807) is 83.1 Å². The first-order valence-corrected chi connectivity index (χ1v) is 15.4. The quantitative estimate of drug-likeness (QED) is 0.0718. The molecule has 0 aliphatic rings. The van der Waals surface area contributed by atoms with E-state index in [0.717, 1.165) is 0 Å². The number of carbonyl (C=O) groups excluding carboxylic acids is 4. The second-order valence-corrected chi connectivity index (χ2v) is 12.0. The van der Waals surface area contributed by atoms with Gasteiger partial charge in [-0.15, -0.1) is 0 Å². The maximum absolute atomic E-state index is 12.3. The van der Waals surface area contributed by atoms with E-state index in [9.17, 15) is 19.2 Å². The minimum absolute atomic E-state index is 0.306. The van der Waals surface area contributed by atoms with Crippen LogP contribution >= 0.6 is 0 Å². The van der Waals surface area contributed by atoms with E-state index in [-0.39, 0.29) is 0 Å². The highest BCUT2D eigenvalue weighted by Gasteiger charge is 2.35. The number of esters is 1. The van der Waals surface area contributed by atoms with Crippen LogP contribution in [-0.4, -0.2) is 86.8 Å². The van der Waals surface area contributed by atoms with Gasteiger partial charge in [-0.05, 0) is 114 Å². The van der Waals surface area contributed by atoms with Crippen LogP contribution in [0.5, 0.6) is 0 Å². The Morgan fingerprint density at radius 2 is 1.02 bits per heavy atom. The molecule has 13 N–H and O–H groups in total. The Kier molecular flexibility index (Phi) is 20.4. The second kappa shape index (κ2) is 22.9. The van der Waals surface area contributed by atoms with Crippen molar-refractivity contribution in [1.82, 2.24) is 16.1 Å². The van der Waals surface area contributed by atoms with Crippen molar-refractivity contribution in [1.29, 1.82) is 0 Å². The zero-order valence-electron chi connectivity index (χ0n) is 30.0. The number of nitrogens with two attached hydrogens (primary N) is 3. The minimum atomic E-state index is -1.11. The van der Waals surface area contributed by atoms with Crippen molar-refractivity contribution in [3.63, 3.8) is 0 Å². The molecule has 0 aliphatic carbocycles. The molecular weight excluding hydrogens is 672 g/mol. The van der Waals surface area contributed by atoms with Gasteiger partial charge in [0.2, 0.25) is 0 Å². The number of ether oxygens (including phenoxy) is 1. The molecule has 3 amide bonds. The molecule has 15 heteroatoms. The lowest BCUT2D eigenvalue weighted by Crippen LogP contribution is -2.61. The molecular formula is C37H46N6O9. The molecule has 0 saturated heterocycles. The van der Waals surface area contributed by atoms with Crippen molar-refractivity contribution >= 4 is 23.7 Å². The van der Waals surface area contributed by atoms with Crippen LogP contribution in [0.25, 0.3) is 0 Å². The summed E-state index contributed by atoms with van der Waals surface area (Å²) in [5.74, 6) is 21.9. The van der Waals surface area contributed by atoms with Crippen LogP contribution in [0.4, 0.5) is 0 Å². The van der Waals surface area contributed by atoms with Crippen LogP contribution in [0, 0.1) is 47.4 Å². The van der Waals surface area contributed by atoms with Crippen molar-refractivity contribution in [2.75, 3.05) is 7.11 Å². The zero-order valence-corrected chi connectivity index (χ0v) is 30.0. The van der Waals surface area contributed by atoms with Gasteiger partial charge in [0.1, 0.15) is 24.3 Å². The molecule has 0 aromatic heterocycles. The lowest BCUT2D eigenvalue weighted by atomic mass is 9.95. The number of hydrogen-bond donors (Lipinski definition) is 10. The fourth-order valence-electron chi connectivity index (χ4n) is 3.65. The van der Waals surface area contributed by atoms with Gasteiger partial charge in [0.15, 0.2) is 0 Å². The highest BCUT2D eigenvalue weighted by atomic mass is 16.5. The summed E-state index contributed by atoms with van der Waals surface area (Å²) in [6.07, 6.45) is -1.47. The third kappa shape index (κ3) is 17.8. The maximum Gasteiger partial charge on any atom is 0.330 e. The van der Waals surface area contributed by atoms with Gasteiger partial charge in [-0.2, -0.15) is 0 Å². The van der Waals surface area contributed by atoms with Gasteiger partial charge in [0.25, 0.3) is 17.7 Å². The molecule has 2 rings (SSSR count). The summed E-state index contributed by atoms with van der Waals surface area (Å²) in [6, 6.07) is 10.7. The van der Waals surface area contributed by atoms with Gasteiger partial charge in [-0.3, -0.25) is 19.6 Å². The Balaban J connectivity index is 0.000000955. The standard InChI is InChI=1S/C19H22N2O4.C18H21N3O4.H3NO/c1-13(22)7-5-6-8-14-9-11-15(12-10-14)17(23)21-16(18(24)25-4)19(2,3)20;1-12(22)6-4-5-7-13-8-10-14(11-9-13)16(23)20-15(17(24)21-25)18(2,3)19;1-2/h9-13,16,22H,20H2,1-4H3,(H,21,23);8-12,15,22,25H,19H2,1-3H3,(H,20,23)(H,21,24);2H,1H2/t13-,16+;12-,15+;/m00./s1. The predicted octanol–water partition coefficient (Wildman–Crippen LogP) is -0.471. The van der Waals surface area contributed by atoms with Crippen molar-refractivity contribution in [2.24, 2.45) is 17.4 Å². The molecule has 0 spiro atoms. The molecule has 0 fully saturated rings. The van der Waals surface area contributed by atoms with Crippen LogP contribution in [0.2, 0.25) is 0 Å². The number of aliphatic hydroxyl groups excluding tert-OH is 2. The number of methoxy groups -OCH3 is 1. The first kappa shape index (κ1) is 46.3. The van der Waals surface area contributed by atoms with Gasteiger partial charge in [-0.25, -0.2) is 16.2 Å². The zero-order chi connectivity index (χ0) is 40.1. The van der Waals surface area contributed by atoms with E-state index in [1.165, 1.54) is 19.5 Å². The number of hydroxylamine groups is 1. The van der Waals surface area contributed by atoms with E-state index in [1.807, 2.05) is 0 Å². The first-order valence-electron chi connectivity index (χ1n) is 15.4. The van der Waals surface area contributed by atoms with Gasteiger partial charge in [0, 0.05) is 33.3 Å². The van der Waals surface area contributed by atoms with E-state index >= 15 is 0 Å². The van der Waals surface area contributed by atoms with Crippen molar-refractivity contribution < 1.29 is 44.5 Å². The fraction of sp³-hybridized carbons (Fsp3) is 0.351. The molecule has 0 unspecified atom stereocenters. The molecule has 15 nitrogen and oxygen atoms in total. The Labute approximate surface area is 303 Å².